The second-order valence-electron chi connectivity index (χ2n) is 3.09. The lowest BCUT2D eigenvalue weighted by atomic mass is 10.2. The fraction of sp³-hybridized carbons (Fsp3) is 0.273. The third-order valence-corrected chi connectivity index (χ3v) is 3.03. The van der Waals surface area contributed by atoms with Gasteiger partial charge in [-0.05, 0) is 12.0 Å². The van der Waals surface area contributed by atoms with Gasteiger partial charge in [0.15, 0.2) is 0 Å². The van der Waals surface area contributed by atoms with Crippen molar-refractivity contribution in [2.45, 2.75) is 13.0 Å². The standard InChI is InChI=1S/C11H14O3S/c1-2-3-9-15(12,13)14-10-11-7-5-4-6-8-11/h2,4-8H,1,3,9-10H2. The number of allylic oxidation sites excluding steroid dienone is 1. The first kappa shape index (κ1) is 11.9. The van der Waals surface area contributed by atoms with Crippen molar-refractivity contribution in [1.82, 2.24) is 0 Å². The van der Waals surface area contributed by atoms with Crippen LogP contribution < -0.4 is 0 Å². The Balaban J connectivity index is 2.46. The number of hydrogen-bond acceptors (Lipinski definition) is 3. The molecule has 82 valence electrons. The fourth-order valence-corrected chi connectivity index (χ4v) is 1.91. The smallest absolute Gasteiger partial charge is 0.265 e. The van der Waals surface area contributed by atoms with Crippen molar-refractivity contribution in [3.63, 3.8) is 0 Å². The van der Waals surface area contributed by atoms with Gasteiger partial charge in [0.05, 0.1) is 12.4 Å². The molecule has 0 heterocycles. The maximum Gasteiger partial charge on any atom is 0.267 e. The summed E-state index contributed by atoms with van der Waals surface area (Å²) in [7, 11) is -3.41. The average molecular weight is 226 g/mol. The predicted octanol–water partition coefficient (Wildman–Crippen LogP) is 2.11. The number of hydrogen-bond donors (Lipinski definition) is 0. The Morgan fingerprint density at radius 3 is 2.53 bits per heavy atom. The van der Waals surface area contributed by atoms with E-state index in [2.05, 4.69) is 6.58 Å². The molecule has 0 aliphatic carbocycles. The molecule has 0 amide bonds. The largest absolute Gasteiger partial charge is 0.267 e. The third-order valence-electron chi connectivity index (χ3n) is 1.82. The fourth-order valence-electron chi connectivity index (χ4n) is 1.02. The van der Waals surface area contributed by atoms with Gasteiger partial charge >= 0.3 is 0 Å². The molecular weight excluding hydrogens is 212 g/mol. The van der Waals surface area contributed by atoms with Crippen molar-refractivity contribution < 1.29 is 12.6 Å². The lowest BCUT2D eigenvalue weighted by Gasteiger charge is -2.03. The van der Waals surface area contributed by atoms with Gasteiger partial charge in [-0.25, -0.2) is 0 Å². The summed E-state index contributed by atoms with van der Waals surface area (Å²) >= 11 is 0. The van der Waals surface area contributed by atoms with Crippen LogP contribution in [0.15, 0.2) is 43.0 Å². The number of rotatable bonds is 6. The van der Waals surface area contributed by atoms with Gasteiger partial charge in [0.1, 0.15) is 0 Å². The first-order chi connectivity index (χ1) is 7.14. The molecule has 0 saturated heterocycles. The van der Waals surface area contributed by atoms with E-state index < -0.39 is 10.1 Å². The van der Waals surface area contributed by atoms with Crippen molar-refractivity contribution in [2.24, 2.45) is 0 Å². The van der Waals surface area contributed by atoms with Crippen LogP contribution in [-0.2, 0) is 20.9 Å². The minimum atomic E-state index is -3.41. The summed E-state index contributed by atoms with van der Waals surface area (Å²) in [5.41, 5.74) is 0.847. The molecule has 4 heteroatoms. The molecule has 0 atom stereocenters. The Morgan fingerprint density at radius 1 is 1.27 bits per heavy atom. The van der Waals surface area contributed by atoms with E-state index in [-0.39, 0.29) is 12.4 Å². The quantitative estimate of drug-likeness (QED) is 0.551. The summed E-state index contributed by atoms with van der Waals surface area (Å²) < 4.78 is 27.4. The highest BCUT2D eigenvalue weighted by Gasteiger charge is 2.09. The average Bonchev–Trinajstić information content (AvgIpc) is 2.25. The molecule has 0 aromatic heterocycles. The zero-order valence-corrected chi connectivity index (χ0v) is 9.24. The molecule has 0 fully saturated rings. The predicted molar refractivity (Wildman–Crippen MR) is 59.8 cm³/mol. The zero-order valence-electron chi connectivity index (χ0n) is 8.43. The zero-order chi connectivity index (χ0) is 11.1. The molecule has 1 aromatic rings. The molecule has 15 heavy (non-hydrogen) atoms. The molecule has 0 unspecified atom stereocenters. The van der Waals surface area contributed by atoms with Gasteiger partial charge in [-0.2, -0.15) is 8.42 Å². The molecular formula is C11H14O3S. The van der Waals surface area contributed by atoms with E-state index in [1.54, 1.807) is 6.08 Å². The summed E-state index contributed by atoms with van der Waals surface area (Å²) in [6, 6.07) is 9.20. The Hall–Kier alpha value is -1.13. The molecule has 1 aromatic carbocycles. The summed E-state index contributed by atoms with van der Waals surface area (Å²) in [6.45, 7) is 3.56. The van der Waals surface area contributed by atoms with E-state index in [1.165, 1.54) is 0 Å². The highest BCUT2D eigenvalue weighted by molar-refractivity contribution is 7.86. The first-order valence-corrected chi connectivity index (χ1v) is 6.24. The summed E-state index contributed by atoms with van der Waals surface area (Å²) in [6.07, 6.45) is 1.97. The van der Waals surface area contributed by atoms with Gasteiger partial charge in [-0.15, -0.1) is 6.58 Å². The first-order valence-electron chi connectivity index (χ1n) is 4.66. The van der Waals surface area contributed by atoms with Crippen molar-refractivity contribution >= 4 is 10.1 Å². The highest BCUT2D eigenvalue weighted by Crippen LogP contribution is 2.05. The SMILES string of the molecule is C=CCCS(=O)(=O)OCc1ccccc1. The van der Waals surface area contributed by atoms with Gasteiger partial charge in [-0.3, -0.25) is 4.18 Å². The molecule has 0 aliphatic heterocycles. The van der Waals surface area contributed by atoms with Crippen molar-refractivity contribution in [2.75, 3.05) is 5.75 Å². The molecule has 0 spiro atoms. The molecule has 0 saturated carbocycles. The molecule has 0 aliphatic rings. The summed E-state index contributed by atoms with van der Waals surface area (Å²) in [5.74, 6) is -0.0106. The van der Waals surface area contributed by atoms with Crippen LogP contribution in [0.3, 0.4) is 0 Å². The molecule has 3 nitrogen and oxygen atoms in total. The van der Waals surface area contributed by atoms with Crippen molar-refractivity contribution in [3.8, 4) is 0 Å². The van der Waals surface area contributed by atoms with Crippen LogP contribution in [0.1, 0.15) is 12.0 Å². The second-order valence-corrected chi connectivity index (χ2v) is 4.85. The van der Waals surface area contributed by atoms with Gasteiger partial charge < -0.3 is 0 Å². The van der Waals surface area contributed by atoms with Gasteiger partial charge in [0, 0.05) is 0 Å². The van der Waals surface area contributed by atoms with E-state index in [0.29, 0.717) is 6.42 Å². The maximum absolute atomic E-state index is 11.3. The van der Waals surface area contributed by atoms with Crippen LogP contribution in [0.25, 0.3) is 0 Å². The molecule has 0 bridgehead atoms. The Labute approximate surface area is 90.5 Å². The van der Waals surface area contributed by atoms with E-state index in [4.69, 9.17) is 4.18 Å². The van der Waals surface area contributed by atoms with Crippen LogP contribution in [0.2, 0.25) is 0 Å². The van der Waals surface area contributed by atoms with E-state index in [9.17, 15) is 8.42 Å². The van der Waals surface area contributed by atoms with Gasteiger partial charge in [0.2, 0.25) is 0 Å². The lowest BCUT2D eigenvalue weighted by molar-refractivity contribution is 0.308. The second kappa shape index (κ2) is 5.68. The van der Waals surface area contributed by atoms with Crippen LogP contribution in [0.4, 0.5) is 0 Å². The highest BCUT2D eigenvalue weighted by atomic mass is 32.2. The van der Waals surface area contributed by atoms with Crippen LogP contribution in [-0.4, -0.2) is 14.2 Å². The molecule has 0 radical (unpaired) electrons. The normalized spacial score (nSPS) is 11.2. The Kier molecular flexibility index (Phi) is 4.52. The minimum absolute atomic E-state index is 0.0106. The summed E-state index contributed by atoms with van der Waals surface area (Å²) in [5, 5.41) is 0. The van der Waals surface area contributed by atoms with Gasteiger partial charge in [-0.1, -0.05) is 36.4 Å². The van der Waals surface area contributed by atoms with E-state index >= 15 is 0 Å². The van der Waals surface area contributed by atoms with Crippen LogP contribution in [0.5, 0.6) is 0 Å². The van der Waals surface area contributed by atoms with Crippen LogP contribution in [0, 0.1) is 0 Å². The topological polar surface area (TPSA) is 43.4 Å². The van der Waals surface area contributed by atoms with Crippen molar-refractivity contribution in [1.29, 1.82) is 0 Å². The minimum Gasteiger partial charge on any atom is -0.265 e. The number of benzene rings is 1. The monoisotopic (exact) mass is 226 g/mol. The molecule has 1 rings (SSSR count). The van der Waals surface area contributed by atoms with Crippen LogP contribution >= 0.6 is 0 Å². The Morgan fingerprint density at radius 2 is 1.93 bits per heavy atom. The van der Waals surface area contributed by atoms with Crippen molar-refractivity contribution in [3.05, 3.63) is 48.6 Å². The van der Waals surface area contributed by atoms with E-state index in [0.717, 1.165) is 5.56 Å². The van der Waals surface area contributed by atoms with E-state index in [1.807, 2.05) is 30.3 Å². The van der Waals surface area contributed by atoms with Gasteiger partial charge in [0.25, 0.3) is 10.1 Å². The summed E-state index contributed by atoms with van der Waals surface area (Å²) in [4.78, 5) is 0. The maximum atomic E-state index is 11.3. The lowest BCUT2D eigenvalue weighted by Crippen LogP contribution is -2.09. The Bertz CT molecular complexity index is 395. The molecule has 0 N–H and O–H groups in total. The third kappa shape index (κ3) is 4.76.